The summed E-state index contributed by atoms with van der Waals surface area (Å²) in [5.41, 5.74) is 5.60. The van der Waals surface area contributed by atoms with Crippen molar-refractivity contribution < 1.29 is 4.74 Å². The first-order chi connectivity index (χ1) is 8.79. The van der Waals surface area contributed by atoms with E-state index in [1.165, 1.54) is 0 Å². The van der Waals surface area contributed by atoms with Gasteiger partial charge in [-0.15, -0.1) is 6.58 Å². The van der Waals surface area contributed by atoms with E-state index in [1.54, 1.807) is 23.3 Å². The SMILES string of the molecule is C=CCCCOc1nc(N)nc(-n2ccnc2)n1. The molecule has 0 spiro atoms. The zero-order chi connectivity index (χ0) is 12.8. The highest BCUT2D eigenvalue weighted by Gasteiger charge is 2.06. The third-order valence-corrected chi connectivity index (χ3v) is 2.14. The Hall–Kier alpha value is -2.44. The molecule has 2 N–H and O–H groups in total. The maximum Gasteiger partial charge on any atom is 0.323 e. The van der Waals surface area contributed by atoms with Crippen molar-refractivity contribution in [2.75, 3.05) is 12.3 Å². The maximum absolute atomic E-state index is 5.60. The Kier molecular flexibility index (Phi) is 3.85. The van der Waals surface area contributed by atoms with Crippen molar-refractivity contribution in [3.8, 4) is 12.0 Å². The molecular formula is C11H14N6O. The number of nitrogens with two attached hydrogens (primary N) is 1. The Balaban J connectivity index is 2.09. The Morgan fingerprint density at radius 1 is 1.39 bits per heavy atom. The van der Waals surface area contributed by atoms with Crippen LogP contribution in [0.2, 0.25) is 0 Å². The number of nitrogen functional groups attached to an aromatic ring is 1. The highest BCUT2D eigenvalue weighted by atomic mass is 16.5. The monoisotopic (exact) mass is 246 g/mol. The minimum Gasteiger partial charge on any atom is -0.463 e. The molecule has 0 unspecified atom stereocenters. The third-order valence-electron chi connectivity index (χ3n) is 2.14. The third kappa shape index (κ3) is 3.03. The van der Waals surface area contributed by atoms with Crippen LogP contribution in [0.15, 0.2) is 31.4 Å². The molecule has 2 rings (SSSR count). The van der Waals surface area contributed by atoms with Gasteiger partial charge in [0.1, 0.15) is 6.33 Å². The molecule has 2 heterocycles. The first kappa shape index (κ1) is 12.0. The van der Waals surface area contributed by atoms with Gasteiger partial charge in [0.05, 0.1) is 6.61 Å². The van der Waals surface area contributed by atoms with Crippen LogP contribution in [0, 0.1) is 0 Å². The first-order valence-electron chi connectivity index (χ1n) is 5.53. The van der Waals surface area contributed by atoms with Gasteiger partial charge in [0.15, 0.2) is 0 Å². The second kappa shape index (κ2) is 5.76. The van der Waals surface area contributed by atoms with Crippen molar-refractivity contribution in [1.82, 2.24) is 24.5 Å². The van der Waals surface area contributed by atoms with Crippen LogP contribution in [0.1, 0.15) is 12.8 Å². The molecule has 0 saturated carbocycles. The molecule has 7 heteroatoms. The fourth-order valence-electron chi connectivity index (χ4n) is 1.31. The molecule has 18 heavy (non-hydrogen) atoms. The smallest absolute Gasteiger partial charge is 0.323 e. The summed E-state index contributed by atoms with van der Waals surface area (Å²) in [6, 6.07) is 0.218. The summed E-state index contributed by atoms with van der Waals surface area (Å²) in [4.78, 5) is 16.0. The summed E-state index contributed by atoms with van der Waals surface area (Å²) < 4.78 is 7.04. The summed E-state index contributed by atoms with van der Waals surface area (Å²) in [6.07, 6.45) is 8.50. The minimum absolute atomic E-state index is 0.118. The van der Waals surface area contributed by atoms with Crippen LogP contribution >= 0.6 is 0 Å². The van der Waals surface area contributed by atoms with Crippen LogP contribution in [0.25, 0.3) is 5.95 Å². The number of anilines is 1. The molecule has 0 aliphatic rings. The molecule has 94 valence electrons. The Bertz CT molecular complexity index is 510. The molecule has 0 aromatic carbocycles. The number of nitrogens with zero attached hydrogens (tertiary/aromatic N) is 5. The van der Waals surface area contributed by atoms with Crippen LogP contribution in [-0.2, 0) is 0 Å². The Morgan fingerprint density at radius 3 is 3.00 bits per heavy atom. The van der Waals surface area contributed by atoms with Gasteiger partial charge in [-0.1, -0.05) is 6.08 Å². The van der Waals surface area contributed by atoms with Crippen LogP contribution in [-0.4, -0.2) is 31.1 Å². The molecule has 7 nitrogen and oxygen atoms in total. The van der Waals surface area contributed by atoms with Gasteiger partial charge in [0, 0.05) is 12.4 Å². The Labute approximate surface area is 104 Å². The quantitative estimate of drug-likeness (QED) is 0.603. The second-order valence-electron chi connectivity index (χ2n) is 3.53. The molecule has 0 saturated heterocycles. The number of hydrogen-bond donors (Lipinski definition) is 1. The summed E-state index contributed by atoms with van der Waals surface area (Å²) in [5, 5.41) is 0. The lowest BCUT2D eigenvalue weighted by Gasteiger charge is -2.06. The highest BCUT2D eigenvalue weighted by molar-refractivity contribution is 5.24. The molecule has 0 aliphatic carbocycles. The molecule has 2 aromatic rings. The van der Waals surface area contributed by atoms with Gasteiger partial charge in [-0.3, -0.25) is 4.57 Å². The van der Waals surface area contributed by atoms with Gasteiger partial charge in [-0.05, 0) is 12.8 Å². The van der Waals surface area contributed by atoms with E-state index in [9.17, 15) is 0 Å². The van der Waals surface area contributed by atoms with E-state index < -0.39 is 0 Å². The lowest BCUT2D eigenvalue weighted by Crippen LogP contribution is -2.08. The van der Waals surface area contributed by atoms with Crippen molar-refractivity contribution in [2.45, 2.75) is 12.8 Å². The molecule has 0 bridgehead atoms. The van der Waals surface area contributed by atoms with E-state index in [4.69, 9.17) is 10.5 Å². The average Bonchev–Trinajstić information content (AvgIpc) is 2.88. The van der Waals surface area contributed by atoms with Crippen molar-refractivity contribution in [3.05, 3.63) is 31.4 Å². The maximum atomic E-state index is 5.60. The van der Waals surface area contributed by atoms with Gasteiger partial charge in [0.25, 0.3) is 0 Å². The Morgan fingerprint density at radius 2 is 2.28 bits per heavy atom. The second-order valence-corrected chi connectivity index (χ2v) is 3.53. The molecule has 2 aromatic heterocycles. The van der Waals surface area contributed by atoms with Gasteiger partial charge in [-0.25, -0.2) is 4.98 Å². The standard InChI is InChI=1S/C11H14N6O/c1-2-3-4-7-18-11-15-9(12)14-10(16-11)17-6-5-13-8-17/h2,5-6,8H,1,3-4,7H2,(H2,12,14,15,16). The number of ether oxygens (including phenoxy) is 1. The first-order valence-corrected chi connectivity index (χ1v) is 5.53. The zero-order valence-electron chi connectivity index (χ0n) is 9.86. The van der Waals surface area contributed by atoms with Crippen LogP contribution in [0.3, 0.4) is 0 Å². The molecule has 0 atom stereocenters. The molecular weight excluding hydrogens is 232 g/mol. The highest BCUT2D eigenvalue weighted by Crippen LogP contribution is 2.09. The fraction of sp³-hybridized carbons (Fsp3) is 0.273. The number of imidazole rings is 1. The molecule has 0 radical (unpaired) electrons. The minimum atomic E-state index is 0.118. The zero-order valence-corrected chi connectivity index (χ0v) is 9.86. The van der Waals surface area contributed by atoms with E-state index >= 15 is 0 Å². The van der Waals surface area contributed by atoms with E-state index in [-0.39, 0.29) is 12.0 Å². The van der Waals surface area contributed by atoms with Crippen molar-refractivity contribution in [2.24, 2.45) is 0 Å². The van der Waals surface area contributed by atoms with Gasteiger partial charge in [-0.2, -0.15) is 15.0 Å². The predicted molar refractivity (Wildman–Crippen MR) is 66.3 cm³/mol. The van der Waals surface area contributed by atoms with Crippen LogP contribution in [0.5, 0.6) is 6.01 Å². The van der Waals surface area contributed by atoms with Crippen molar-refractivity contribution in [3.63, 3.8) is 0 Å². The molecule has 0 fully saturated rings. The largest absolute Gasteiger partial charge is 0.463 e. The van der Waals surface area contributed by atoms with Gasteiger partial charge >= 0.3 is 6.01 Å². The van der Waals surface area contributed by atoms with Crippen molar-refractivity contribution in [1.29, 1.82) is 0 Å². The summed E-state index contributed by atoms with van der Waals surface area (Å²) in [7, 11) is 0. The van der Waals surface area contributed by atoms with E-state index in [0.717, 1.165) is 12.8 Å². The topological polar surface area (TPSA) is 91.7 Å². The molecule has 0 amide bonds. The molecule has 0 aliphatic heterocycles. The normalized spacial score (nSPS) is 10.2. The number of unbranched alkanes of at least 4 members (excludes halogenated alkanes) is 1. The lowest BCUT2D eigenvalue weighted by molar-refractivity contribution is 0.287. The van der Waals surface area contributed by atoms with Gasteiger partial charge < -0.3 is 10.5 Å². The van der Waals surface area contributed by atoms with Crippen molar-refractivity contribution >= 4 is 5.95 Å². The summed E-state index contributed by atoms with van der Waals surface area (Å²) in [6.45, 7) is 4.15. The van der Waals surface area contributed by atoms with E-state index in [0.29, 0.717) is 12.6 Å². The number of aromatic nitrogens is 5. The van der Waals surface area contributed by atoms with Crippen LogP contribution in [0.4, 0.5) is 5.95 Å². The van der Waals surface area contributed by atoms with Gasteiger partial charge in [0.2, 0.25) is 11.9 Å². The average molecular weight is 246 g/mol. The van der Waals surface area contributed by atoms with E-state index in [2.05, 4.69) is 26.5 Å². The van der Waals surface area contributed by atoms with E-state index in [1.807, 2.05) is 6.08 Å². The van der Waals surface area contributed by atoms with Crippen LogP contribution < -0.4 is 10.5 Å². The number of rotatable bonds is 6. The number of allylic oxidation sites excluding steroid dienone is 1. The fourth-order valence-corrected chi connectivity index (χ4v) is 1.31. The summed E-state index contributed by atoms with van der Waals surface area (Å²) >= 11 is 0. The number of hydrogen-bond acceptors (Lipinski definition) is 6. The predicted octanol–water partition coefficient (Wildman–Crippen LogP) is 0.985. The summed E-state index contributed by atoms with van der Waals surface area (Å²) in [5.74, 6) is 0.506. The lowest BCUT2D eigenvalue weighted by atomic mass is 10.3.